The van der Waals surface area contributed by atoms with E-state index in [4.69, 9.17) is 5.41 Å². The molecule has 1 heterocycles. The number of halogens is 3. The number of nitrogens with one attached hydrogen (secondary N) is 1. The molecule has 0 radical (unpaired) electrons. The van der Waals surface area contributed by atoms with Gasteiger partial charge in [0, 0.05) is 23.9 Å². The first kappa shape index (κ1) is 20.6. The SMILES string of the molecule is C/C=C\C=C(/C=N)c1nc(-c2ccccc2)c(N(CC)C(=O)C(F)(F)F)s1. The molecule has 1 aromatic heterocycles. The third-order valence-corrected chi connectivity index (χ3v) is 4.70. The maximum Gasteiger partial charge on any atom is 0.471 e. The Bertz CT molecular complexity index is 870. The van der Waals surface area contributed by atoms with Crippen LogP contribution in [0, 0.1) is 5.41 Å². The summed E-state index contributed by atoms with van der Waals surface area (Å²) in [5, 5.41) is 8.05. The quantitative estimate of drug-likeness (QED) is 0.532. The van der Waals surface area contributed by atoms with Crippen LogP contribution in [0.4, 0.5) is 18.2 Å². The number of benzene rings is 1. The summed E-state index contributed by atoms with van der Waals surface area (Å²) in [4.78, 5) is 17.0. The molecule has 0 unspecified atom stereocenters. The number of thiazole rings is 1. The number of hydrogen-bond acceptors (Lipinski definition) is 4. The van der Waals surface area contributed by atoms with Crippen LogP contribution in [-0.4, -0.2) is 29.8 Å². The maximum atomic E-state index is 13.0. The number of rotatable bonds is 6. The molecule has 142 valence electrons. The molecule has 0 atom stereocenters. The Hall–Kier alpha value is -2.74. The van der Waals surface area contributed by atoms with Crippen molar-refractivity contribution < 1.29 is 18.0 Å². The normalized spacial score (nSPS) is 12.4. The number of anilines is 1. The van der Waals surface area contributed by atoms with Gasteiger partial charge < -0.3 is 5.41 Å². The van der Waals surface area contributed by atoms with Gasteiger partial charge in [0.2, 0.25) is 0 Å². The van der Waals surface area contributed by atoms with Crippen LogP contribution in [0.25, 0.3) is 16.8 Å². The van der Waals surface area contributed by atoms with Gasteiger partial charge in [-0.25, -0.2) is 4.98 Å². The summed E-state index contributed by atoms with van der Waals surface area (Å²) in [7, 11) is 0. The average Bonchev–Trinajstić information content (AvgIpc) is 3.08. The van der Waals surface area contributed by atoms with Gasteiger partial charge in [0.15, 0.2) is 0 Å². The molecule has 0 bridgehead atoms. The Kier molecular flexibility index (Phi) is 6.68. The third-order valence-electron chi connectivity index (χ3n) is 3.58. The van der Waals surface area contributed by atoms with Gasteiger partial charge in [0.05, 0.1) is 0 Å². The van der Waals surface area contributed by atoms with Crippen LogP contribution < -0.4 is 4.90 Å². The van der Waals surface area contributed by atoms with E-state index in [9.17, 15) is 18.0 Å². The highest BCUT2D eigenvalue weighted by molar-refractivity contribution is 7.17. The molecule has 1 amide bonds. The van der Waals surface area contributed by atoms with E-state index in [-0.39, 0.29) is 17.2 Å². The van der Waals surface area contributed by atoms with E-state index >= 15 is 0 Å². The first-order valence-corrected chi connectivity index (χ1v) is 8.93. The van der Waals surface area contributed by atoms with Gasteiger partial charge in [-0.1, -0.05) is 59.9 Å². The lowest BCUT2D eigenvalue weighted by Gasteiger charge is -2.21. The second-order valence-electron chi connectivity index (χ2n) is 5.38. The van der Waals surface area contributed by atoms with Crippen molar-refractivity contribution >= 4 is 34.0 Å². The first-order valence-electron chi connectivity index (χ1n) is 8.12. The molecular formula is C19H18F3N3OS. The Morgan fingerprint density at radius 1 is 1.30 bits per heavy atom. The van der Waals surface area contributed by atoms with Gasteiger partial charge in [-0.05, 0) is 13.8 Å². The van der Waals surface area contributed by atoms with Crippen LogP contribution in [0.5, 0.6) is 0 Å². The largest absolute Gasteiger partial charge is 0.471 e. The number of alkyl halides is 3. The number of carbonyl (C=O) groups excluding carboxylic acids is 1. The van der Waals surface area contributed by atoms with Crippen molar-refractivity contribution in [2.45, 2.75) is 20.0 Å². The molecule has 8 heteroatoms. The summed E-state index contributed by atoms with van der Waals surface area (Å²) in [6, 6.07) is 8.70. The minimum atomic E-state index is -4.99. The molecule has 2 rings (SSSR count). The molecule has 0 fully saturated rings. The smallest absolute Gasteiger partial charge is 0.308 e. The molecule has 1 N–H and O–H groups in total. The number of allylic oxidation sites excluding steroid dienone is 4. The molecule has 0 saturated carbocycles. The average molecular weight is 393 g/mol. The molecular weight excluding hydrogens is 375 g/mol. The van der Waals surface area contributed by atoms with Crippen LogP contribution in [0.1, 0.15) is 18.9 Å². The molecule has 4 nitrogen and oxygen atoms in total. The van der Waals surface area contributed by atoms with E-state index in [1.54, 1.807) is 48.6 Å². The van der Waals surface area contributed by atoms with Gasteiger partial charge in [0.1, 0.15) is 15.7 Å². The highest BCUT2D eigenvalue weighted by Crippen LogP contribution is 2.39. The molecule has 0 aliphatic rings. The van der Waals surface area contributed by atoms with Crippen LogP contribution in [-0.2, 0) is 4.79 Å². The van der Waals surface area contributed by atoms with Crippen molar-refractivity contribution in [2.75, 3.05) is 11.4 Å². The summed E-state index contributed by atoms with van der Waals surface area (Å²) in [6.45, 7) is 3.13. The second kappa shape index (κ2) is 8.77. The summed E-state index contributed by atoms with van der Waals surface area (Å²) < 4.78 is 39.1. The molecule has 0 aliphatic heterocycles. The highest BCUT2D eigenvalue weighted by atomic mass is 32.1. The van der Waals surface area contributed by atoms with Gasteiger partial charge in [-0.15, -0.1) is 0 Å². The molecule has 27 heavy (non-hydrogen) atoms. The second-order valence-corrected chi connectivity index (χ2v) is 6.36. The minimum Gasteiger partial charge on any atom is -0.308 e. The standard InChI is InChI=1S/C19H18F3N3OS/c1-3-5-9-14(12-23)16-24-15(13-10-7-6-8-11-13)17(27-16)25(4-2)18(26)19(20,21)22/h3,5-12,23H,4H2,1-2H3/b5-3-,14-9+,23-12?. The van der Waals surface area contributed by atoms with Gasteiger partial charge in [-0.3, -0.25) is 9.69 Å². The van der Waals surface area contributed by atoms with Gasteiger partial charge in [0.25, 0.3) is 0 Å². The first-order chi connectivity index (χ1) is 12.8. The highest BCUT2D eigenvalue weighted by Gasteiger charge is 2.43. The van der Waals surface area contributed by atoms with E-state index in [0.29, 0.717) is 21.0 Å². The van der Waals surface area contributed by atoms with Crippen LogP contribution in [0.3, 0.4) is 0 Å². The zero-order valence-corrected chi connectivity index (χ0v) is 15.6. The lowest BCUT2D eigenvalue weighted by Crippen LogP contribution is -2.41. The van der Waals surface area contributed by atoms with Crippen molar-refractivity contribution in [3.05, 3.63) is 53.6 Å². The van der Waals surface area contributed by atoms with Crippen molar-refractivity contribution in [3.8, 4) is 11.3 Å². The monoisotopic (exact) mass is 393 g/mol. The van der Waals surface area contributed by atoms with E-state index in [1.807, 2.05) is 6.92 Å². The fraction of sp³-hybridized carbons (Fsp3) is 0.211. The van der Waals surface area contributed by atoms with Crippen molar-refractivity contribution in [1.29, 1.82) is 5.41 Å². The van der Waals surface area contributed by atoms with Crippen molar-refractivity contribution in [1.82, 2.24) is 4.98 Å². The fourth-order valence-electron chi connectivity index (χ4n) is 2.32. The lowest BCUT2D eigenvalue weighted by molar-refractivity contribution is -0.170. The Morgan fingerprint density at radius 3 is 2.48 bits per heavy atom. The molecule has 0 spiro atoms. The van der Waals surface area contributed by atoms with E-state index < -0.39 is 12.1 Å². The van der Waals surface area contributed by atoms with Crippen LogP contribution >= 0.6 is 11.3 Å². The van der Waals surface area contributed by atoms with E-state index in [2.05, 4.69) is 4.98 Å². The number of carbonyl (C=O) groups is 1. The number of nitrogens with zero attached hydrogens (tertiary/aromatic N) is 2. The molecule has 0 saturated heterocycles. The predicted octanol–water partition coefficient (Wildman–Crippen LogP) is 5.33. The van der Waals surface area contributed by atoms with Crippen molar-refractivity contribution in [2.24, 2.45) is 0 Å². The van der Waals surface area contributed by atoms with Crippen LogP contribution in [0.15, 0.2) is 48.6 Å². The third kappa shape index (κ3) is 4.71. The summed E-state index contributed by atoms with van der Waals surface area (Å²) in [5.74, 6) is -1.94. The predicted molar refractivity (Wildman–Crippen MR) is 103 cm³/mol. The zero-order valence-electron chi connectivity index (χ0n) is 14.7. The number of hydrogen-bond donors (Lipinski definition) is 1. The number of amides is 1. The zero-order chi connectivity index (χ0) is 20.0. The Labute approximate surface area is 159 Å². The number of aromatic nitrogens is 1. The topological polar surface area (TPSA) is 57.1 Å². The van der Waals surface area contributed by atoms with Crippen molar-refractivity contribution in [3.63, 3.8) is 0 Å². The Balaban J connectivity index is 2.67. The minimum absolute atomic E-state index is 0.106. The molecule has 0 aliphatic carbocycles. The van der Waals surface area contributed by atoms with Gasteiger partial charge in [-0.2, -0.15) is 13.2 Å². The lowest BCUT2D eigenvalue weighted by atomic mass is 10.1. The molecule has 2 aromatic rings. The summed E-state index contributed by atoms with van der Waals surface area (Å²) in [5.41, 5.74) is 1.32. The van der Waals surface area contributed by atoms with E-state index in [1.165, 1.54) is 6.92 Å². The summed E-state index contributed by atoms with van der Waals surface area (Å²) in [6.07, 6.45) is 1.22. The fourth-order valence-corrected chi connectivity index (χ4v) is 3.46. The van der Waals surface area contributed by atoms with Crippen LogP contribution in [0.2, 0.25) is 0 Å². The summed E-state index contributed by atoms with van der Waals surface area (Å²) >= 11 is 0.955. The molecule has 1 aromatic carbocycles. The van der Waals surface area contributed by atoms with E-state index in [0.717, 1.165) is 17.6 Å². The Morgan fingerprint density at radius 2 is 1.96 bits per heavy atom. The van der Waals surface area contributed by atoms with Gasteiger partial charge >= 0.3 is 12.1 Å². The maximum absolute atomic E-state index is 13.0.